The number of hydrogen-bond donors (Lipinski definition) is 0. The highest BCUT2D eigenvalue weighted by atomic mass is 16.5. The summed E-state index contributed by atoms with van der Waals surface area (Å²) in [6.07, 6.45) is 3.26. The van der Waals surface area contributed by atoms with Crippen molar-refractivity contribution in [1.82, 2.24) is 0 Å². The Bertz CT molecular complexity index is 960. The number of aromatic nitrogens is 1. The van der Waals surface area contributed by atoms with Gasteiger partial charge in [0.2, 0.25) is 5.69 Å². The summed E-state index contributed by atoms with van der Waals surface area (Å²) in [6, 6.07) is 11.0. The van der Waals surface area contributed by atoms with Crippen LogP contribution < -0.4 is 14.0 Å². The molecule has 3 aromatic rings. The fourth-order valence-electron chi connectivity index (χ4n) is 3.66. The number of benzene rings is 2. The molecule has 0 atom stereocenters. The van der Waals surface area contributed by atoms with Crippen molar-refractivity contribution < 1.29 is 14.0 Å². The summed E-state index contributed by atoms with van der Waals surface area (Å²) in [7, 11) is 3.37. The second-order valence-electron chi connectivity index (χ2n) is 6.50. The first-order chi connectivity index (χ1) is 11.6. The number of rotatable bonds is 2. The van der Waals surface area contributed by atoms with Crippen molar-refractivity contribution in [3.63, 3.8) is 0 Å². The fraction of sp³-hybridized carbons (Fsp3) is 0.286. The van der Waals surface area contributed by atoms with Gasteiger partial charge in [0.25, 0.3) is 0 Å². The summed E-state index contributed by atoms with van der Waals surface area (Å²) in [6.45, 7) is 5.36. The highest BCUT2D eigenvalue weighted by Crippen LogP contribution is 2.37. The SMILES string of the molecule is COc1ccc2cc3[n+](cc2c1OC)CCc1cc(C)c(C)cc1-3. The van der Waals surface area contributed by atoms with E-state index >= 15 is 0 Å². The molecule has 0 radical (unpaired) electrons. The summed E-state index contributed by atoms with van der Waals surface area (Å²) < 4.78 is 13.4. The first-order valence-corrected chi connectivity index (χ1v) is 8.31. The van der Waals surface area contributed by atoms with Crippen molar-refractivity contribution >= 4 is 10.8 Å². The number of methoxy groups -OCH3 is 2. The van der Waals surface area contributed by atoms with Crippen LogP contribution in [-0.4, -0.2) is 14.2 Å². The van der Waals surface area contributed by atoms with Gasteiger partial charge in [0.1, 0.15) is 0 Å². The van der Waals surface area contributed by atoms with E-state index in [1.54, 1.807) is 14.2 Å². The number of ether oxygens (including phenoxy) is 2. The van der Waals surface area contributed by atoms with Crippen LogP contribution >= 0.6 is 0 Å². The van der Waals surface area contributed by atoms with E-state index in [0.29, 0.717) is 0 Å². The standard InChI is InChI=1S/C21H22NO2/c1-13-9-16-7-8-22-12-18-15(5-6-20(23-3)21(18)24-4)11-19(22)17(16)10-14(13)2/h5-6,9-12H,7-8H2,1-4H3/q+1. The van der Waals surface area contributed by atoms with Crippen LogP contribution in [0.4, 0.5) is 0 Å². The van der Waals surface area contributed by atoms with Crippen molar-refractivity contribution in [2.24, 2.45) is 0 Å². The van der Waals surface area contributed by atoms with Crippen molar-refractivity contribution in [3.05, 3.63) is 53.2 Å². The molecule has 4 rings (SSSR count). The monoisotopic (exact) mass is 320 g/mol. The maximum atomic E-state index is 5.61. The first-order valence-electron chi connectivity index (χ1n) is 8.31. The van der Waals surface area contributed by atoms with Gasteiger partial charge in [-0.2, -0.15) is 4.57 Å². The van der Waals surface area contributed by atoms with E-state index in [1.807, 2.05) is 6.07 Å². The van der Waals surface area contributed by atoms with Gasteiger partial charge in [-0.1, -0.05) is 6.07 Å². The summed E-state index contributed by atoms with van der Waals surface area (Å²) in [4.78, 5) is 0. The quantitative estimate of drug-likeness (QED) is 0.666. The maximum Gasteiger partial charge on any atom is 0.213 e. The van der Waals surface area contributed by atoms with Gasteiger partial charge in [-0.05, 0) is 54.1 Å². The van der Waals surface area contributed by atoms with E-state index in [-0.39, 0.29) is 0 Å². The van der Waals surface area contributed by atoms with Gasteiger partial charge in [0.05, 0.1) is 19.6 Å². The van der Waals surface area contributed by atoms with E-state index in [4.69, 9.17) is 9.47 Å². The Labute approximate surface area is 142 Å². The number of nitrogens with zero attached hydrogens (tertiary/aromatic N) is 1. The Morgan fingerprint density at radius 3 is 2.50 bits per heavy atom. The van der Waals surface area contributed by atoms with Gasteiger partial charge in [-0.25, -0.2) is 0 Å². The Hall–Kier alpha value is -2.55. The summed E-state index contributed by atoms with van der Waals surface area (Å²) in [5.74, 6) is 1.57. The second kappa shape index (κ2) is 5.52. The third kappa shape index (κ3) is 2.15. The summed E-state index contributed by atoms with van der Waals surface area (Å²) in [5, 5.41) is 2.26. The van der Waals surface area contributed by atoms with Gasteiger partial charge in [-0.15, -0.1) is 0 Å². The van der Waals surface area contributed by atoms with Crippen LogP contribution in [0.5, 0.6) is 11.5 Å². The molecule has 0 bridgehead atoms. The summed E-state index contributed by atoms with van der Waals surface area (Å²) >= 11 is 0. The van der Waals surface area contributed by atoms with Crippen LogP contribution in [0.3, 0.4) is 0 Å². The minimum Gasteiger partial charge on any atom is -0.493 e. The molecule has 0 aliphatic carbocycles. The lowest BCUT2D eigenvalue weighted by Crippen LogP contribution is -2.40. The predicted octanol–water partition coefficient (Wildman–Crippen LogP) is 3.98. The lowest BCUT2D eigenvalue weighted by Gasteiger charge is -2.18. The number of hydrogen-bond acceptors (Lipinski definition) is 2. The summed E-state index contributed by atoms with van der Waals surface area (Å²) in [5.41, 5.74) is 6.78. The molecule has 0 saturated heterocycles. The van der Waals surface area contributed by atoms with E-state index in [1.165, 1.54) is 33.3 Å². The highest BCUT2D eigenvalue weighted by Gasteiger charge is 2.25. The first kappa shape index (κ1) is 15.0. The zero-order chi connectivity index (χ0) is 16.8. The van der Waals surface area contributed by atoms with Crippen LogP contribution in [-0.2, 0) is 13.0 Å². The minimum atomic E-state index is 0.772. The Morgan fingerprint density at radius 2 is 1.75 bits per heavy atom. The fourth-order valence-corrected chi connectivity index (χ4v) is 3.66. The van der Waals surface area contributed by atoms with E-state index in [0.717, 1.165) is 29.9 Å². The lowest BCUT2D eigenvalue weighted by atomic mass is 9.92. The smallest absolute Gasteiger partial charge is 0.213 e. The van der Waals surface area contributed by atoms with Crippen LogP contribution in [0.2, 0.25) is 0 Å². The molecule has 0 N–H and O–H groups in total. The Kier molecular flexibility index (Phi) is 3.45. The lowest BCUT2D eigenvalue weighted by molar-refractivity contribution is -0.686. The van der Waals surface area contributed by atoms with Crippen LogP contribution in [0.25, 0.3) is 22.0 Å². The van der Waals surface area contributed by atoms with Crippen LogP contribution in [0, 0.1) is 13.8 Å². The van der Waals surface area contributed by atoms with E-state index < -0.39 is 0 Å². The molecule has 3 heteroatoms. The third-order valence-electron chi connectivity index (χ3n) is 5.12. The van der Waals surface area contributed by atoms with Crippen molar-refractivity contribution in [2.75, 3.05) is 14.2 Å². The molecule has 1 aliphatic heterocycles. The number of fused-ring (bicyclic) bond motifs is 4. The normalized spacial score (nSPS) is 12.7. The molecular weight excluding hydrogens is 298 g/mol. The Morgan fingerprint density at radius 1 is 0.958 bits per heavy atom. The molecule has 1 aromatic heterocycles. The van der Waals surface area contributed by atoms with Crippen LogP contribution in [0.1, 0.15) is 16.7 Å². The largest absolute Gasteiger partial charge is 0.493 e. The number of pyridine rings is 1. The molecule has 3 nitrogen and oxygen atoms in total. The average Bonchev–Trinajstić information content (AvgIpc) is 2.60. The van der Waals surface area contributed by atoms with Crippen molar-refractivity contribution in [3.8, 4) is 22.8 Å². The maximum absolute atomic E-state index is 5.61. The predicted molar refractivity (Wildman–Crippen MR) is 95.9 cm³/mol. The van der Waals surface area contributed by atoms with Crippen molar-refractivity contribution in [2.45, 2.75) is 26.8 Å². The van der Waals surface area contributed by atoms with E-state index in [2.05, 4.69) is 48.9 Å². The molecule has 0 spiro atoms. The molecular formula is C21H22NO2+. The Balaban J connectivity index is 2.00. The zero-order valence-electron chi connectivity index (χ0n) is 14.6. The molecule has 2 aromatic carbocycles. The van der Waals surface area contributed by atoms with Gasteiger partial charge in [0.15, 0.2) is 24.2 Å². The van der Waals surface area contributed by atoms with Gasteiger partial charge in [0, 0.05) is 18.1 Å². The average molecular weight is 320 g/mol. The molecule has 0 fully saturated rings. The number of aryl methyl sites for hydroxylation is 4. The van der Waals surface area contributed by atoms with Gasteiger partial charge in [-0.3, -0.25) is 0 Å². The molecule has 0 amide bonds. The molecule has 1 aliphatic rings. The third-order valence-corrected chi connectivity index (χ3v) is 5.12. The topological polar surface area (TPSA) is 22.3 Å². The highest BCUT2D eigenvalue weighted by molar-refractivity contribution is 5.91. The zero-order valence-corrected chi connectivity index (χ0v) is 14.6. The molecule has 2 heterocycles. The molecule has 0 saturated carbocycles. The van der Waals surface area contributed by atoms with Crippen molar-refractivity contribution in [1.29, 1.82) is 0 Å². The molecule has 122 valence electrons. The minimum absolute atomic E-state index is 0.772. The van der Waals surface area contributed by atoms with Gasteiger partial charge >= 0.3 is 0 Å². The van der Waals surface area contributed by atoms with Crippen LogP contribution in [0.15, 0.2) is 36.5 Å². The van der Waals surface area contributed by atoms with Gasteiger partial charge < -0.3 is 9.47 Å². The molecule has 24 heavy (non-hydrogen) atoms. The molecule has 0 unspecified atom stereocenters. The van der Waals surface area contributed by atoms with E-state index in [9.17, 15) is 0 Å². The second-order valence-corrected chi connectivity index (χ2v) is 6.50.